The summed E-state index contributed by atoms with van der Waals surface area (Å²) < 4.78 is 41.4. The molecule has 0 fully saturated rings. The number of rotatable bonds is 5. The number of furan rings is 1. The van der Waals surface area contributed by atoms with Crippen molar-refractivity contribution in [3.05, 3.63) is 41.5 Å². The molecule has 6 heteroatoms. The van der Waals surface area contributed by atoms with Crippen LogP contribution in [0.2, 0.25) is 0 Å². The Hall–Kier alpha value is -0.850. The fourth-order valence-electron chi connectivity index (χ4n) is 3.20. The molecule has 24 heavy (non-hydrogen) atoms. The fourth-order valence-corrected chi connectivity index (χ4v) is 3.99. The van der Waals surface area contributed by atoms with Crippen LogP contribution >= 0.6 is 0 Å². The first-order valence-electron chi connectivity index (χ1n) is 7.89. The minimum absolute atomic E-state index is 0. The summed E-state index contributed by atoms with van der Waals surface area (Å²) in [5.41, 5.74) is 2.90. The van der Waals surface area contributed by atoms with Crippen molar-refractivity contribution in [1.29, 1.82) is 0 Å². The minimum Gasteiger partial charge on any atom is -0.744 e. The van der Waals surface area contributed by atoms with Crippen molar-refractivity contribution in [2.45, 2.75) is 44.4 Å². The largest absolute Gasteiger partial charge is 1.00 e. The summed E-state index contributed by atoms with van der Waals surface area (Å²) >= 11 is 0. The Morgan fingerprint density at radius 2 is 1.62 bits per heavy atom. The van der Waals surface area contributed by atoms with Gasteiger partial charge >= 0.3 is 29.6 Å². The molecule has 122 valence electrons. The second-order valence-corrected chi connectivity index (χ2v) is 7.11. The van der Waals surface area contributed by atoms with Crippen molar-refractivity contribution in [2.24, 2.45) is 0 Å². The van der Waals surface area contributed by atoms with Crippen LogP contribution in [-0.2, 0) is 23.0 Å². The van der Waals surface area contributed by atoms with Gasteiger partial charge in [0.2, 0.25) is 0 Å². The Morgan fingerprint density at radius 1 is 1.00 bits per heavy atom. The number of fused-ring (bicyclic) bond motifs is 3. The first-order chi connectivity index (χ1) is 11.0. The summed E-state index contributed by atoms with van der Waals surface area (Å²) in [6.45, 7) is 4.00. The van der Waals surface area contributed by atoms with Crippen LogP contribution in [-0.4, -0.2) is 13.0 Å². The van der Waals surface area contributed by atoms with Gasteiger partial charge in [-0.25, -0.2) is 8.42 Å². The molecule has 0 bridgehead atoms. The van der Waals surface area contributed by atoms with Gasteiger partial charge in [0.15, 0.2) is 0 Å². The molecule has 0 N–H and O–H groups in total. The van der Waals surface area contributed by atoms with E-state index in [-0.39, 0.29) is 34.5 Å². The van der Waals surface area contributed by atoms with Gasteiger partial charge in [-0.1, -0.05) is 44.9 Å². The maximum atomic E-state index is 11.8. The first-order valence-corrected chi connectivity index (χ1v) is 9.30. The van der Waals surface area contributed by atoms with Crippen LogP contribution in [0.25, 0.3) is 21.9 Å². The zero-order valence-corrected chi connectivity index (χ0v) is 17.1. The van der Waals surface area contributed by atoms with Crippen LogP contribution in [0.15, 0.2) is 39.6 Å². The molecule has 1 aromatic heterocycles. The zero-order valence-electron chi connectivity index (χ0n) is 14.3. The topological polar surface area (TPSA) is 70.3 Å². The fraction of sp³-hybridized carbons (Fsp3) is 0.333. The molecular weight excluding hydrogens is 335 g/mol. The van der Waals surface area contributed by atoms with Gasteiger partial charge in [-0.15, -0.1) is 0 Å². The predicted octanol–water partition coefficient (Wildman–Crippen LogP) is 1.40. The number of hydrogen-bond donors (Lipinski definition) is 0. The second-order valence-electron chi connectivity index (χ2n) is 5.76. The van der Waals surface area contributed by atoms with Crippen LogP contribution in [0, 0.1) is 0 Å². The Kier molecular flexibility index (Phi) is 6.15. The SMILES string of the molecule is CCCc1c(S(=O)(=O)[O-])cc2c(oc3ccccc32)c1CCC.[Na+]. The molecule has 2 aromatic carbocycles. The van der Waals surface area contributed by atoms with Crippen LogP contribution in [0.5, 0.6) is 0 Å². The van der Waals surface area contributed by atoms with Crippen molar-refractivity contribution in [3.8, 4) is 0 Å². The Morgan fingerprint density at radius 3 is 2.25 bits per heavy atom. The quantitative estimate of drug-likeness (QED) is 0.513. The van der Waals surface area contributed by atoms with Crippen molar-refractivity contribution in [2.75, 3.05) is 0 Å². The number of hydrogen-bond acceptors (Lipinski definition) is 4. The second kappa shape index (κ2) is 7.58. The summed E-state index contributed by atoms with van der Waals surface area (Å²) in [7, 11) is -4.53. The van der Waals surface area contributed by atoms with E-state index in [9.17, 15) is 13.0 Å². The Labute approximate surface area is 164 Å². The Balaban J connectivity index is 0.00000208. The van der Waals surface area contributed by atoms with E-state index in [0.29, 0.717) is 35.0 Å². The molecule has 0 aliphatic rings. The number of para-hydroxylation sites is 1. The van der Waals surface area contributed by atoms with Crippen LogP contribution in [0.1, 0.15) is 37.8 Å². The summed E-state index contributed by atoms with van der Waals surface area (Å²) in [5, 5.41) is 1.55. The van der Waals surface area contributed by atoms with Gasteiger partial charge in [0.25, 0.3) is 0 Å². The van der Waals surface area contributed by atoms with E-state index in [2.05, 4.69) is 0 Å². The maximum Gasteiger partial charge on any atom is 1.00 e. The van der Waals surface area contributed by atoms with E-state index in [1.807, 2.05) is 38.1 Å². The zero-order chi connectivity index (χ0) is 16.6. The standard InChI is InChI=1S/C18H20O4S.Na/c1-3-7-13-14(8-4-2)18-15(11-17(13)23(19,20)21)12-9-5-6-10-16(12)22-18;/h5-6,9-11H,3-4,7-8H2,1-2H3,(H,19,20,21);/q;+1/p-1. The molecule has 0 radical (unpaired) electrons. The average Bonchev–Trinajstić information content (AvgIpc) is 2.87. The molecule has 0 atom stereocenters. The van der Waals surface area contributed by atoms with Crippen molar-refractivity contribution in [1.82, 2.24) is 0 Å². The van der Waals surface area contributed by atoms with Gasteiger partial charge in [0.1, 0.15) is 21.3 Å². The van der Waals surface area contributed by atoms with Crippen LogP contribution in [0.4, 0.5) is 0 Å². The van der Waals surface area contributed by atoms with E-state index in [1.54, 1.807) is 0 Å². The normalized spacial score (nSPS) is 11.8. The van der Waals surface area contributed by atoms with Gasteiger partial charge in [-0.2, -0.15) is 0 Å². The van der Waals surface area contributed by atoms with Crippen molar-refractivity contribution >= 4 is 32.1 Å². The number of aryl methyl sites for hydroxylation is 1. The van der Waals surface area contributed by atoms with Gasteiger partial charge in [0, 0.05) is 10.8 Å². The Bertz CT molecular complexity index is 974. The third-order valence-electron chi connectivity index (χ3n) is 4.11. The average molecular weight is 354 g/mol. The van der Waals surface area contributed by atoms with E-state index >= 15 is 0 Å². The van der Waals surface area contributed by atoms with E-state index < -0.39 is 10.1 Å². The maximum absolute atomic E-state index is 11.8. The molecule has 0 unspecified atom stereocenters. The van der Waals surface area contributed by atoms with Gasteiger partial charge in [-0.3, -0.25) is 0 Å². The van der Waals surface area contributed by atoms with Gasteiger partial charge in [0.05, 0.1) is 4.90 Å². The van der Waals surface area contributed by atoms with E-state index in [1.165, 1.54) is 6.07 Å². The third-order valence-corrected chi connectivity index (χ3v) is 5.02. The van der Waals surface area contributed by atoms with Crippen LogP contribution in [0.3, 0.4) is 0 Å². The molecule has 0 saturated heterocycles. The van der Waals surface area contributed by atoms with Gasteiger partial charge < -0.3 is 8.97 Å². The molecule has 4 nitrogen and oxygen atoms in total. The molecule has 0 spiro atoms. The summed E-state index contributed by atoms with van der Waals surface area (Å²) in [4.78, 5) is -0.0955. The summed E-state index contributed by atoms with van der Waals surface area (Å²) in [6.07, 6.45) is 2.87. The molecule has 0 aliphatic carbocycles. The molecule has 3 rings (SSSR count). The van der Waals surface area contributed by atoms with E-state index in [0.717, 1.165) is 23.8 Å². The summed E-state index contributed by atoms with van der Waals surface area (Å²) in [6, 6.07) is 8.99. The first kappa shape index (κ1) is 19.5. The molecule has 0 aliphatic heterocycles. The van der Waals surface area contributed by atoms with Crippen LogP contribution < -0.4 is 29.6 Å². The van der Waals surface area contributed by atoms with Gasteiger partial charge in [-0.05, 0) is 36.1 Å². The third kappa shape index (κ3) is 3.41. The summed E-state index contributed by atoms with van der Waals surface area (Å²) in [5.74, 6) is 0. The molecule has 0 saturated carbocycles. The predicted molar refractivity (Wildman–Crippen MR) is 89.7 cm³/mol. The molecular formula is C18H19NaO4S. The molecule has 1 heterocycles. The number of benzene rings is 2. The molecule has 0 amide bonds. The van der Waals surface area contributed by atoms with E-state index in [4.69, 9.17) is 4.42 Å². The van der Waals surface area contributed by atoms with Crippen molar-refractivity contribution in [3.63, 3.8) is 0 Å². The smallest absolute Gasteiger partial charge is 0.744 e. The molecule has 3 aromatic rings. The monoisotopic (exact) mass is 354 g/mol. The minimum atomic E-state index is -4.53. The van der Waals surface area contributed by atoms with Crippen molar-refractivity contribution < 1.29 is 46.9 Å².